The van der Waals surface area contributed by atoms with Gasteiger partial charge >= 0.3 is 4.87 Å². The highest BCUT2D eigenvalue weighted by molar-refractivity contribution is 7.09. The normalized spacial score (nSPS) is 16.9. The summed E-state index contributed by atoms with van der Waals surface area (Å²) in [7, 11) is 0. The number of Topliss-reactive ketones (excluding diaryl/α,β-unsaturated/α-hetero) is 1. The summed E-state index contributed by atoms with van der Waals surface area (Å²) < 4.78 is 12.5. The third-order valence-electron chi connectivity index (χ3n) is 6.86. The molecule has 0 bridgehead atoms. The van der Waals surface area contributed by atoms with Gasteiger partial charge < -0.3 is 19.7 Å². The van der Waals surface area contributed by atoms with E-state index in [4.69, 9.17) is 9.47 Å². The van der Waals surface area contributed by atoms with Gasteiger partial charge in [0.1, 0.15) is 22.8 Å². The van der Waals surface area contributed by atoms with Crippen molar-refractivity contribution in [3.8, 4) is 23.1 Å². The molecule has 2 heterocycles. The molecular weight excluding hydrogens is 490 g/mol. The molecule has 8 heteroatoms. The highest BCUT2D eigenvalue weighted by Gasteiger charge is 2.40. The number of ketones is 1. The molecule has 0 saturated heterocycles. The van der Waals surface area contributed by atoms with E-state index in [-0.39, 0.29) is 28.7 Å². The first kappa shape index (κ1) is 26.8. The van der Waals surface area contributed by atoms with Crippen molar-refractivity contribution in [2.24, 2.45) is 0 Å². The zero-order valence-corrected chi connectivity index (χ0v) is 22.3. The molecule has 0 saturated carbocycles. The average Bonchev–Trinajstić information content (AvgIpc) is 3.18. The van der Waals surface area contributed by atoms with Crippen molar-refractivity contribution in [2.45, 2.75) is 77.2 Å². The van der Waals surface area contributed by atoms with E-state index in [1.807, 2.05) is 30.3 Å². The van der Waals surface area contributed by atoms with Gasteiger partial charge in [-0.25, -0.2) is 0 Å². The molecule has 0 amide bonds. The Kier molecular flexibility index (Phi) is 8.59. The van der Waals surface area contributed by atoms with Gasteiger partial charge in [0.05, 0.1) is 23.5 Å². The zero-order chi connectivity index (χ0) is 26.4. The number of aryl methyl sites for hydroxylation is 1. The second kappa shape index (κ2) is 11.9. The summed E-state index contributed by atoms with van der Waals surface area (Å²) in [5.74, 6) is 1.34. The van der Waals surface area contributed by atoms with Crippen LogP contribution in [0, 0.1) is 0 Å². The molecular formula is C29H35NO6S. The van der Waals surface area contributed by atoms with Crippen LogP contribution in [0.5, 0.6) is 23.1 Å². The van der Waals surface area contributed by atoms with Gasteiger partial charge in [0.25, 0.3) is 0 Å². The number of carbonyl (C=O) groups is 1. The number of aromatic nitrogens is 1. The fraction of sp³-hybridized carbons (Fsp3) is 0.448. The van der Waals surface area contributed by atoms with E-state index in [0.29, 0.717) is 41.4 Å². The highest BCUT2D eigenvalue weighted by atomic mass is 32.1. The van der Waals surface area contributed by atoms with Gasteiger partial charge in [-0.15, -0.1) is 0 Å². The number of phenolic OH excluding ortho intramolecular Hbond substituents is 1. The van der Waals surface area contributed by atoms with Gasteiger partial charge in [-0.2, -0.15) is 0 Å². The summed E-state index contributed by atoms with van der Waals surface area (Å²) in [5, 5.41) is 20.2. The number of aromatic hydroxyl groups is 2. The lowest BCUT2D eigenvalue weighted by molar-refractivity contribution is 0.0181. The highest BCUT2D eigenvalue weighted by Crippen LogP contribution is 2.41. The van der Waals surface area contributed by atoms with E-state index in [9.17, 15) is 19.8 Å². The molecule has 0 spiro atoms. The van der Waals surface area contributed by atoms with Crippen molar-refractivity contribution in [2.75, 3.05) is 6.61 Å². The molecule has 1 aromatic heterocycles. The third-order valence-corrected chi connectivity index (χ3v) is 7.73. The van der Waals surface area contributed by atoms with Crippen molar-refractivity contribution >= 4 is 17.1 Å². The fourth-order valence-electron chi connectivity index (χ4n) is 4.91. The molecule has 198 valence electrons. The van der Waals surface area contributed by atoms with Gasteiger partial charge in [-0.1, -0.05) is 56.6 Å². The first-order chi connectivity index (χ1) is 17.8. The summed E-state index contributed by atoms with van der Waals surface area (Å²) in [5.41, 5.74) is 1.60. The molecule has 1 atom stereocenters. The maximum atomic E-state index is 13.1. The first-order valence-electron chi connectivity index (χ1n) is 13.0. The molecule has 37 heavy (non-hydrogen) atoms. The maximum absolute atomic E-state index is 13.1. The quantitative estimate of drug-likeness (QED) is 0.245. The lowest BCUT2D eigenvalue weighted by Crippen LogP contribution is -2.43. The van der Waals surface area contributed by atoms with Crippen molar-refractivity contribution < 1.29 is 24.5 Å². The topological polar surface area (TPSA) is 109 Å². The standard InChI is InChI=1S/C29H35NO6S/c1-3-5-6-7-20-16-25-22(17-23(20)31)24(32)18-29(36-25,12-4-2)13-14-35-21-10-8-19(9-11-21)15-26-27(33)30-28(34)37-26/h8-11,16-17,31,33H,3-7,12-15,18H2,1-2H3,(H,30,34). The number of benzene rings is 2. The summed E-state index contributed by atoms with van der Waals surface area (Å²) in [4.78, 5) is 27.2. The van der Waals surface area contributed by atoms with Crippen molar-refractivity contribution in [3.05, 3.63) is 67.6 Å². The van der Waals surface area contributed by atoms with Crippen molar-refractivity contribution in [1.82, 2.24) is 4.98 Å². The van der Waals surface area contributed by atoms with Gasteiger partial charge in [0.15, 0.2) is 5.78 Å². The van der Waals surface area contributed by atoms with Gasteiger partial charge in [0.2, 0.25) is 5.88 Å². The number of carbonyl (C=O) groups excluding carboxylic acids is 1. The van der Waals surface area contributed by atoms with Gasteiger partial charge in [-0.3, -0.25) is 14.6 Å². The Balaban J connectivity index is 1.41. The predicted octanol–water partition coefficient (Wildman–Crippen LogP) is 6.14. The Bertz CT molecular complexity index is 1280. The van der Waals surface area contributed by atoms with E-state index in [0.717, 1.165) is 61.0 Å². The molecule has 2 aromatic carbocycles. The number of H-pyrrole nitrogens is 1. The van der Waals surface area contributed by atoms with E-state index in [1.54, 1.807) is 6.07 Å². The Hall–Kier alpha value is -3.26. The number of fused-ring (bicyclic) bond motifs is 1. The SMILES string of the molecule is CCCCCc1cc2c(cc1O)C(=O)CC(CCC)(CCOc1ccc(Cc3sc(=O)[nH]c3O)cc1)O2. The van der Waals surface area contributed by atoms with Crippen LogP contribution in [0.3, 0.4) is 0 Å². The minimum Gasteiger partial charge on any atom is -0.508 e. The van der Waals surface area contributed by atoms with Crippen LogP contribution in [0.1, 0.15) is 85.2 Å². The van der Waals surface area contributed by atoms with Crippen molar-refractivity contribution in [3.63, 3.8) is 0 Å². The van der Waals surface area contributed by atoms with Gasteiger partial charge in [-0.05, 0) is 54.7 Å². The molecule has 0 radical (unpaired) electrons. The van der Waals surface area contributed by atoms with Crippen LogP contribution in [0.2, 0.25) is 0 Å². The molecule has 7 nitrogen and oxygen atoms in total. The van der Waals surface area contributed by atoms with Crippen LogP contribution in [-0.2, 0) is 12.8 Å². The van der Waals surface area contributed by atoms with Crippen LogP contribution in [0.15, 0.2) is 41.2 Å². The molecule has 0 aliphatic carbocycles. The number of ether oxygens (including phenoxy) is 2. The number of rotatable bonds is 12. The smallest absolute Gasteiger partial charge is 0.307 e. The largest absolute Gasteiger partial charge is 0.508 e. The molecule has 1 unspecified atom stereocenters. The Morgan fingerprint density at radius 1 is 1.05 bits per heavy atom. The fourth-order valence-corrected chi connectivity index (χ4v) is 5.67. The van der Waals surface area contributed by atoms with Crippen LogP contribution in [0.25, 0.3) is 0 Å². The van der Waals surface area contributed by atoms with Gasteiger partial charge in [0, 0.05) is 12.8 Å². The number of hydrogen-bond donors (Lipinski definition) is 3. The minimum atomic E-state index is -0.639. The van der Waals surface area contributed by atoms with Crippen LogP contribution < -0.4 is 14.3 Å². The lowest BCUT2D eigenvalue weighted by atomic mass is 9.83. The zero-order valence-electron chi connectivity index (χ0n) is 21.5. The number of nitrogens with one attached hydrogen (secondary N) is 1. The summed E-state index contributed by atoms with van der Waals surface area (Å²) in [6.07, 6.45) is 6.81. The van der Waals surface area contributed by atoms with E-state index < -0.39 is 5.60 Å². The number of unbranched alkanes of at least 4 members (excludes halogenated alkanes) is 2. The maximum Gasteiger partial charge on any atom is 0.307 e. The number of aromatic amines is 1. The van der Waals surface area contributed by atoms with Crippen LogP contribution in [0.4, 0.5) is 0 Å². The predicted molar refractivity (Wildman–Crippen MR) is 145 cm³/mol. The molecule has 3 N–H and O–H groups in total. The number of thiazole rings is 1. The number of hydrogen-bond acceptors (Lipinski definition) is 7. The Labute approximate surface area is 221 Å². The first-order valence-corrected chi connectivity index (χ1v) is 13.8. The molecule has 0 fully saturated rings. The third kappa shape index (κ3) is 6.55. The second-order valence-corrected chi connectivity index (χ2v) is 10.8. The minimum absolute atomic E-state index is 0.00947. The number of phenols is 1. The average molecular weight is 526 g/mol. The second-order valence-electron chi connectivity index (χ2n) is 9.77. The van der Waals surface area contributed by atoms with E-state index >= 15 is 0 Å². The monoisotopic (exact) mass is 525 g/mol. The van der Waals surface area contributed by atoms with Crippen LogP contribution >= 0.6 is 11.3 Å². The van der Waals surface area contributed by atoms with Crippen molar-refractivity contribution in [1.29, 1.82) is 0 Å². The van der Waals surface area contributed by atoms with E-state index in [1.165, 1.54) is 0 Å². The molecule has 1 aliphatic rings. The van der Waals surface area contributed by atoms with Crippen LogP contribution in [-0.4, -0.2) is 33.2 Å². The summed E-state index contributed by atoms with van der Waals surface area (Å²) in [6, 6.07) is 11.0. The Morgan fingerprint density at radius 3 is 2.51 bits per heavy atom. The molecule has 3 aromatic rings. The van der Waals surface area contributed by atoms with E-state index in [2.05, 4.69) is 18.8 Å². The Morgan fingerprint density at radius 2 is 1.84 bits per heavy atom. The lowest BCUT2D eigenvalue weighted by Gasteiger charge is -2.38. The molecule has 4 rings (SSSR count). The summed E-state index contributed by atoms with van der Waals surface area (Å²) >= 11 is 1.00. The summed E-state index contributed by atoms with van der Waals surface area (Å²) in [6.45, 7) is 4.62. The molecule has 1 aliphatic heterocycles.